The Kier molecular flexibility index (Phi) is 3.71. The van der Waals surface area contributed by atoms with Gasteiger partial charge in [-0.25, -0.2) is 4.98 Å². The van der Waals surface area contributed by atoms with E-state index >= 15 is 0 Å². The van der Waals surface area contributed by atoms with Crippen LogP contribution in [-0.4, -0.2) is 16.9 Å². The summed E-state index contributed by atoms with van der Waals surface area (Å²) in [6.07, 6.45) is 0.352. The molecule has 3 N–H and O–H groups in total. The van der Waals surface area contributed by atoms with Crippen molar-refractivity contribution < 1.29 is 4.79 Å². The largest absolute Gasteiger partial charge is 0.350 e. The third-order valence-electron chi connectivity index (χ3n) is 2.28. The molecule has 1 heterocycles. The third-order valence-corrected chi connectivity index (χ3v) is 3.32. The number of nitrogens with two attached hydrogens (primary N) is 1. The van der Waals surface area contributed by atoms with Crippen LogP contribution in [0, 0.1) is 0 Å². The molecule has 17 heavy (non-hydrogen) atoms. The molecule has 0 radical (unpaired) electrons. The zero-order chi connectivity index (χ0) is 12.3. The molecule has 0 bridgehead atoms. The highest BCUT2D eigenvalue weighted by Crippen LogP contribution is 2.21. The molecular weight excluding hydrogens is 234 g/mol. The van der Waals surface area contributed by atoms with Gasteiger partial charge in [0.15, 0.2) is 0 Å². The number of fused-ring (bicyclic) bond motifs is 1. The number of rotatable bonds is 4. The fourth-order valence-electron chi connectivity index (χ4n) is 1.53. The molecule has 90 valence electrons. The van der Waals surface area contributed by atoms with Crippen LogP contribution >= 0.6 is 11.3 Å². The summed E-state index contributed by atoms with van der Waals surface area (Å²) in [5.41, 5.74) is 6.53. The maximum absolute atomic E-state index is 11.4. The molecule has 5 heteroatoms. The molecule has 0 aliphatic carbocycles. The van der Waals surface area contributed by atoms with Crippen LogP contribution in [0.25, 0.3) is 10.2 Å². The molecule has 1 amide bonds. The number of hydrogen-bond acceptors (Lipinski definition) is 4. The summed E-state index contributed by atoms with van der Waals surface area (Å²) in [5.74, 6) is -0.0285. The quantitative estimate of drug-likeness (QED) is 0.865. The first-order valence-electron chi connectivity index (χ1n) is 5.52. The normalized spacial score (nSPS) is 12.6. The lowest BCUT2D eigenvalue weighted by atomic mass is 10.2. The Labute approximate surface area is 104 Å². The molecule has 4 nitrogen and oxygen atoms in total. The molecule has 2 rings (SSSR count). The molecule has 0 saturated carbocycles. The molecular formula is C12H15N3OS. The molecule has 0 aliphatic rings. The Hall–Kier alpha value is -1.46. The predicted molar refractivity (Wildman–Crippen MR) is 69.7 cm³/mol. The van der Waals surface area contributed by atoms with Crippen LogP contribution in [0.5, 0.6) is 0 Å². The van der Waals surface area contributed by atoms with Gasteiger partial charge in [0.1, 0.15) is 5.01 Å². The second-order valence-electron chi connectivity index (χ2n) is 4.03. The highest BCUT2D eigenvalue weighted by molar-refractivity contribution is 7.18. The first-order valence-corrected chi connectivity index (χ1v) is 6.33. The summed E-state index contributed by atoms with van der Waals surface area (Å²) < 4.78 is 1.14. The fraction of sp³-hybridized carbons (Fsp3) is 0.333. The number of amides is 1. The van der Waals surface area contributed by atoms with Gasteiger partial charge in [0.05, 0.1) is 16.8 Å². The number of carbonyl (C=O) groups is 1. The maximum Gasteiger partial charge on any atom is 0.221 e. The molecule has 0 fully saturated rings. The van der Waals surface area contributed by atoms with Gasteiger partial charge in [0, 0.05) is 12.5 Å². The first kappa shape index (κ1) is 12.0. The van der Waals surface area contributed by atoms with Crippen LogP contribution < -0.4 is 11.1 Å². The highest BCUT2D eigenvalue weighted by atomic mass is 32.1. The van der Waals surface area contributed by atoms with Crippen molar-refractivity contribution in [3.63, 3.8) is 0 Å². The van der Waals surface area contributed by atoms with Crippen molar-refractivity contribution in [1.82, 2.24) is 10.3 Å². The number of nitrogens with zero attached hydrogens (tertiary/aromatic N) is 1. The van der Waals surface area contributed by atoms with Crippen molar-refractivity contribution in [2.45, 2.75) is 25.9 Å². The number of thiazole rings is 1. The number of para-hydroxylation sites is 1. The average molecular weight is 249 g/mol. The second kappa shape index (κ2) is 5.25. The maximum atomic E-state index is 11.4. The van der Waals surface area contributed by atoms with Crippen LogP contribution in [0.2, 0.25) is 0 Å². The predicted octanol–water partition coefficient (Wildman–Crippen LogP) is 1.65. The van der Waals surface area contributed by atoms with E-state index in [1.54, 1.807) is 11.3 Å². The molecule has 1 atom stereocenters. The summed E-state index contributed by atoms with van der Waals surface area (Å²) in [5, 5.41) is 3.74. The number of aromatic nitrogens is 1. The smallest absolute Gasteiger partial charge is 0.221 e. The monoisotopic (exact) mass is 249 g/mol. The van der Waals surface area contributed by atoms with E-state index in [9.17, 15) is 4.79 Å². The van der Waals surface area contributed by atoms with Gasteiger partial charge in [-0.05, 0) is 19.1 Å². The topological polar surface area (TPSA) is 68.0 Å². The van der Waals surface area contributed by atoms with E-state index in [1.165, 1.54) is 0 Å². The van der Waals surface area contributed by atoms with E-state index < -0.39 is 0 Å². The Morgan fingerprint density at radius 1 is 1.53 bits per heavy atom. The lowest BCUT2D eigenvalue weighted by molar-refractivity contribution is -0.121. The standard InChI is InChI=1S/C12H15N3OS/c1-8(13)6-11(16)14-7-12-15-9-4-2-3-5-10(9)17-12/h2-5,8H,6-7,13H2,1H3,(H,14,16). The summed E-state index contributed by atoms with van der Waals surface area (Å²) in [7, 11) is 0. The second-order valence-corrected chi connectivity index (χ2v) is 5.15. The van der Waals surface area contributed by atoms with Gasteiger partial charge in [0.25, 0.3) is 0 Å². The van der Waals surface area contributed by atoms with Crippen molar-refractivity contribution in [1.29, 1.82) is 0 Å². The zero-order valence-corrected chi connectivity index (χ0v) is 10.5. The minimum Gasteiger partial charge on any atom is -0.350 e. The van der Waals surface area contributed by atoms with Crippen molar-refractivity contribution >= 4 is 27.5 Å². The van der Waals surface area contributed by atoms with Gasteiger partial charge < -0.3 is 11.1 Å². The number of nitrogens with one attached hydrogen (secondary N) is 1. The van der Waals surface area contributed by atoms with Gasteiger partial charge in [-0.2, -0.15) is 0 Å². The number of carbonyl (C=O) groups excluding carboxylic acids is 1. The molecule has 0 spiro atoms. The molecule has 1 aromatic heterocycles. The Morgan fingerprint density at radius 2 is 2.29 bits per heavy atom. The van der Waals surface area contributed by atoms with E-state index in [4.69, 9.17) is 5.73 Å². The van der Waals surface area contributed by atoms with E-state index in [2.05, 4.69) is 10.3 Å². The minimum absolute atomic E-state index is 0.0285. The molecule has 0 saturated heterocycles. The van der Waals surface area contributed by atoms with E-state index in [1.807, 2.05) is 31.2 Å². The highest BCUT2D eigenvalue weighted by Gasteiger charge is 2.07. The van der Waals surface area contributed by atoms with Crippen LogP contribution in [-0.2, 0) is 11.3 Å². The van der Waals surface area contributed by atoms with Crippen LogP contribution in [0.15, 0.2) is 24.3 Å². The lowest BCUT2D eigenvalue weighted by Gasteiger charge is -2.04. The fourth-order valence-corrected chi connectivity index (χ4v) is 2.44. The Bertz CT molecular complexity index is 488. The number of hydrogen-bond donors (Lipinski definition) is 2. The third kappa shape index (κ3) is 3.25. The van der Waals surface area contributed by atoms with Crippen molar-refractivity contribution in [3.05, 3.63) is 29.3 Å². The summed E-state index contributed by atoms with van der Waals surface area (Å²) >= 11 is 1.60. The van der Waals surface area contributed by atoms with Gasteiger partial charge in [-0.3, -0.25) is 4.79 Å². The molecule has 0 aliphatic heterocycles. The first-order chi connectivity index (χ1) is 8.15. The Morgan fingerprint density at radius 3 is 3.00 bits per heavy atom. The van der Waals surface area contributed by atoms with Crippen molar-refractivity contribution in [3.8, 4) is 0 Å². The molecule has 1 aromatic carbocycles. The van der Waals surface area contributed by atoms with Crippen molar-refractivity contribution in [2.24, 2.45) is 5.73 Å². The van der Waals surface area contributed by atoms with E-state index in [0.29, 0.717) is 13.0 Å². The van der Waals surface area contributed by atoms with Crippen LogP contribution in [0.4, 0.5) is 0 Å². The minimum atomic E-state index is -0.106. The lowest BCUT2D eigenvalue weighted by Crippen LogP contribution is -2.29. The van der Waals surface area contributed by atoms with Gasteiger partial charge in [-0.1, -0.05) is 12.1 Å². The molecule has 1 unspecified atom stereocenters. The summed E-state index contributed by atoms with van der Waals surface area (Å²) in [6, 6.07) is 7.84. The average Bonchev–Trinajstić information content (AvgIpc) is 2.68. The number of benzene rings is 1. The Balaban J connectivity index is 1.97. The van der Waals surface area contributed by atoms with Crippen molar-refractivity contribution in [2.75, 3.05) is 0 Å². The van der Waals surface area contributed by atoms with Crippen LogP contribution in [0.3, 0.4) is 0 Å². The van der Waals surface area contributed by atoms with Gasteiger partial charge >= 0.3 is 0 Å². The van der Waals surface area contributed by atoms with E-state index in [-0.39, 0.29) is 11.9 Å². The van der Waals surface area contributed by atoms with E-state index in [0.717, 1.165) is 15.2 Å². The van der Waals surface area contributed by atoms with Gasteiger partial charge in [-0.15, -0.1) is 11.3 Å². The van der Waals surface area contributed by atoms with Gasteiger partial charge in [0.2, 0.25) is 5.91 Å². The molecule has 2 aromatic rings. The zero-order valence-electron chi connectivity index (χ0n) is 9.64. The summed E-state index contributed by atoms with van der Waals surface area (Å²) in [4.78, 5) is 15.9. The summed E-state index contributed by atoms with van der Waals surface area (Å²) in [6.45, 7) is 2.29. The SMILES string of the molecule is CC(N)CC(=O)NCc1nc2ccccc2s1. The van der Waals surface area contributed by atoms with Crippen LogP contribution in [0.1, 0.15) is 18.4 Å².